The largest absolute Gasteiger partial charge is 2.00 e. The van der Waals surface area contributed by atoms with E-state index in [1.807, 2.05) is 6.92 Å². The fraction of sp³-hybridized carbons (Fsp3) is 0.167. The summed E-state index contributed by atoms with van der Waals surface area (Å²) in [6, 6.07) is 0. The third-order valence-corrected chi connectivity index (χ3v) is 1.61. The number of hydrogen-bond acceptors (Lipinski definition) is 5. The van der Waals surface area contributed by atoms with Crippen molar-refractivity contribution in [3.8, 4) is 0 Å². The van der Waals surface area contributed by atoms with Crippen LogP contribution in [-0.4, -0.2) is 60.8 Å². The Labute approximate surface area is 178 Å². The molecule has 0 saturated heterocycles. The van der Waals surface area contributed by atoms with Gasteiger partial charge in [0, 0.05) is 6.08 Å². The molecule has 25 heavy (non-hydrogen) atoms. The van der Waals surface area contributed by atoms with E-state index in [2.05, 4.69) is 0 Å². The number of carboxylic acids is 3. The molecule has 0 aromatic heterocycles. The predicted octanol–water partition coefficient (Wildman–Crippen LogP) is 0.560. The molecule has 0 amide bonds. The minimum absolute atomic E-state index is 0. The second-order valence-corrected chi connectivity index (χ2v) is 3.63. The quantitative estimate of drug-likeness (QED) is 0.412. The van der Waals surface area contributed by atoms with Crippen molar-refractivity contribution >= 4 is 55.6 Å². The molecule has 0 saturated carbocycles. The van der Waals surface area contributed by atoms with Crippen molar-refractivity contribution in [1.82, 2.24) is 0 Å². The Kier molecular flexibility index (Phi) is 33.4. The summed E-state index contributed by atoms with van der Waals surface area (Å²) >= 11 is 0. The van der Waals surface area contributed by atoms with Gasteiger partial charge in [-0.05, 0) is 32.9 Å². The molecule has 0 aliphatic heterocycles. The summed E-state index contributed by atoms with van der Waals surface area (Å²) in [4.78, 5) is 29.0. The number of carboxylic acid groups (broad SMARTS) is 3. The van der Waals surface area contributed by atoms with Crippen LogP contribution >= 0.6 is 0 Å². The van der Waals surface area contributed by atoms with E-state index in [1.54, 1.807) is 50.3 Å². The van der Waals surface area contributed by atoms with Gasteiger partial charge in [0.1, 0.15) is 0 Å². The molecule has 0 aliphatic carbocycles. The third kappa shape index (κ3) is 52.0. The van der Waals surface area contributed by atoms with Crippen LogP contribution in [0.1, 0.15) is 20.8 Å². The molecule has 0 unspecified atom stereocenters. The minimum atomic E-state index is -1.16. The second kappa shape index (κ2) is 27.0. The molecule has 0 aliphatic rings. The summed E-state index contributed by atoms with van der Waals surface area (Å²) in [7, 11) is 0. The molecule has 132 valence electrons. The van der Waals surface area contributed by atoms with Gasteiger partial charge in [-0.25, -0.2) is 4.79 Å². The molecule has 0 bridgehead atoms. The maximum atomic E-state index is 9.75. The first-order valence-corrected chi connectivity index (χ1v) is 6.84. The van der Waals surface area contributed by atoms with Gasteiger partial charge < -0.3 is 24.9 Å². The van der Waals surface area contributed by atoms with Gasteiger partial charge in [-0.1, -0.05) is 54.7 Å². The van der Waals surface area contributed by atoms with Gasteiger partial charge in [0.2, 0.25) is 0 Å². The van der Waals surface area contributed by atoms with Crippen LogP contribution < -0.4 is 10.2 Å². The third-order valence-electron chi connectivity index (χ3n) is 1.61. The molecule has 6 nitrogen and oxygen atoms in total. The zero-order valence-corrected chi connectivity index (χ0v) is 16.8. The van der Waals surface area contributed by atoms with Crippen LogP contribution in [-0.2, 0) is 14.4 Å². The monoisotopic (exact) mass is 374 g/mol. The van der Waals surface area contributed by atoms with Gasteiger partial charge in [0.25, 0.3) is 0 Å². The van der Waals surface area contributed by atoms with E-state index in [0.29, 0.717) is 0 Å². The van der Waals surface area contributed by atoms with Crippen molar-refractivity contribution in [3.05, 3.63) is 72.9 Å². The van der Waals surface area contributed by atoms with E-state index < -0.39 is 17.9 Å². The van der Waals surface area contributed by atoms with Gasteiger partial charge in [0.05, 0.1) is 11.9 Å². The summed E-state index contributed by atoms with van der Waals surface area (Å²) in [6.45, 7) is 5.44. The Morgan fingerprint density at radius 1 is 0.640 bits per heavy atom. The molecular formula is C18H22CaO6. The Morgan fingerprint density at radius 2 is 0.920 bits per heavy atom. The van der Waals surface area contributed by atoms with E-state index in [-0.39, 0.29) is 37.7 Å². The summed E-state index contributed by atoms with van der Waals surface area (Å²) in [6.07, 6.45) is 17.5. The molecule has 0 fully saturated rings. The summed E-state index contributed by atoms with van der Waals surface area (Å²) in [5.41, 5.74) is 0. The molecule has 0 spiro atoms. The van der Waals surface area contributed by atoms with E-state index in [4.69, 9.17) is 5.11 Å². The van der Waals surface area contributed by atoms with Crippen molar-refractivity contribution in [1.29, 1.82) is 0 Å². The number of carbonyl (C=O) groups is 3. The van der Waals surface area contributed by atoms with Crippen LogP contribution in [0.2, 0.25) is 0 Å². The first kappa shape index (κ1) is 30.9. The van der Waals surface area contributed by atoms with Crippen molar-refractivity contribution in [3.63, 3.8) is 0 Å². The van der Waals surface area contributed by atoms with Gasteiger partial charge in [-0.2, -0.15) is 0 Å². The number of aliphatic carboxylic acids is 3. The molecule has 0 aromatic carbocycles. The van der Waals surface area contributed by atoms with Crippen LogP contribution in [0.4, 0.5) is 0 Å². The van der Waals surface area contributed by atoms with Crippen LogP contribution in [0.5, 0.6) is 0 Å². The molecule has 0 heterocycles. The van der Waals surface area contributed by atoms with Crippen LogP contribution in [0.15, 0.2) is 72.9 Å². The minimum Gasteiger partial charge on any atom is -0.545 e. The number of rotatable bonds is 6. The SMILES string of the molecule is CC=CC=CC(=O)O.CC=CC=CC(=O)[O-].CC=CC=CC(=O)[O-].[Ca+2]. The molecule has 0 radical (unpaired) electrons. The zero-order valence-electron chi connectivity index (χ0n) is 14.6. The Morgan fingerprint density at radius 3 is 1.12 bits per heavy atom. The van der Waals surface area contributed by atoms with Gasteiger partial charge in [-0.15, -0.1) is 0 Å². The average molecular weight is 374 g/mol. The fourth-order valence-corrected chi connectivity index (χ4v) is 0.739. The first-order valence-electron chi connectivity index (χ1n) is 6.84. The maximum Gasteiger partial charge on any atom is 2.00 e. The number of hydrogen-bond donors (Lipinski definition) is 1. The average Bonchev–Trinajstić information content (AvgIpc) is 2.48. The standard InChI is InChI=1S/3C6H8O2.Ca/c3*1-2-3-4-5-6(7)8;/h3*2-5H,1H3,(H,7,8);/q;;;+2/p-2. The Bertz CT molecular complexity index is 450. The smallest absolute Gasteiger partial charge is 0.545 e. The molecule has 7 heteroatoms. The van der Waals surface area contributed by atoms with E-state index in [0.717, 1.165) is 18.2 Å². The molecule has 0 rings (SSSR count). The Hall–Kier alpha value is -1.89. The second-order valence-electron chi connectivity index (χ2n) is 3.63. The summed E-state index contributed by atoms with van der Waals surface area (Å²) in [5.74, 6) is -3.24. The van der Waals surface area contributed by atoms with Crippen LogP contribution in [0.3, 0.4) is 0 Å². The van der Waals surface area contributed by atoms with E-state index >= 15 is 0 Å². The Balaban J connectivity index is -0.000000130. The van der Waals surface area contributed by atoms with Gasteiger partial charge >= 0.3 is 43.7 Å². The summed E-state index contributed by atoms with van der Waals surface area (Å²) < 4.78 is 0. The topological polar surface area (TPSA) is 118 Å². The normalized spacial score (nSPS) is 10.7. The summed E-state index contributed by atoms with van der Waals surface area (Å²) in [5, 5.41) is 27.3. The van der Waals surface area contributed by atoms with Crippen molar-refractivity contribution in [2.75, 3.05) is 0 Å². The molecule has 0 atom stereocenters. The molecular weight excluding hydrogens is 352 g/mol. The molecule has 1 N–H and O–H groups in total. The van der Waals surface area contributed by atoms with Crippen LogP contribution in [0, 0.1) is 0 Å². The van der Waals surface area contributed by atoms with Gasteiger partial charge in [-0.3, -0.25) is 0 Å². The molecule has 0 aromatic rings. The van der Waals surface area contributed by atoms with E-state index in [9.17, 15) is 24.6 Å². The van der Waals surface area contributed by atoms with Crippen molar-refractivity contribution < 1.29 is 29.7 Å². The number of allylic oxidation sites excluding steroid dienone is 9. The van der Waals surface area contributed by atoms with Gasteiger partial charge in [0.15, 0.2) is 0 Å². The van der Waals surface area contributed by atoms with Crippen molar-refractivity contribution in [2.45, 2.75) is 20.8 Å². The zero-order chi connectivity index (χ0) is 19.2. The fourth-order valence-electron chi connectivity index (χ4n) is 0.739. The van der Waals surface area contributed by atoms with E-state index in [1.165, 1.54) is 18.2 Å². The number of carbonyl (C=O) groups excluding carboxylic acids is 2. The predicted molar refractivity (Wildman–Crippen MR) is 95.3 cm³/mol. The van der Waals surface area contributed by atoms with Crippen LogP contribution in [0.25, 0.3) is 0 Å². The first-order chi connectivity index (χ1) is 11.3. The van der Waals surface area contributed by atoms with Crippen molar-refractivity contribution in [2.24, 2.45) is 0 Å². The maximum absolute atomic E-state index is 9.75.